The molecule has 5 rings (SSSR count). The summed E-state index contributed by atoms with van der Waals surface area (Å²) in [5, 5.41) is 22.7. The number of H-pyrrole nitrogens is 1. The first-order chi connectivity index (χ1) is 13.6. The molecule has 28 heavy (non-hydrogen) atoms. The molecule has 0 amide bonds. The number of methoxy groups -OCH3 is 1. The maximum absolute atomic E-state index is 9.70. The lowest BCUT2D eigenvalue weighted by Crippen LogP contribution is -2.31. The van der Waals surface area contributed by atoms with Crippen molar-refractivity contribution in [2.45, 2.75) is 0 Å². The second-order valence-corrected chi connectivity index (χ2v) is 7.01. The second kappa shape index (κ2) is 6.50. The van der Waals surface area contributed by atoms with Crippen molar-refractivity contribution in [2.75, 3.05) is 31.6 Å². The molecule has 1 atom stereocenters. The van der Waals surface area contributed by atoms with Crippen molar-refractivity contribution in [1.29, 1.82) is 0 Å². The Labute approximate surface area is 161 Å². The van der Waals surface area contributed by atoms with Crippen LogP contribution in [0.2, 0.25) is 0 Å². The molecular weight excluding hydrogens is 359 g/mol. The molecule has 3 aromatic rings. The van der Waals surface area contributed by atoms with Gasteiger partial charge in [-0.2, -0.15) is 4.98 Å². The van der Waals surface area contributed by atoms with Crippen LogP contribution in [0, 0.1) is 5.92 Å². The molecule has 0 radical (unpaired) electrons. The number of fused-ring (bicyclic) bond motifs is 2. The number of nitrogens with one attached hydrogen (secondary N) is 2. The van der Waals surface area contributed by atoms with Crippen LogP contribution in [0.5, 0.6) is 5.75 Å². The van der Waals surface area contributed by atoms with Crippen LogP contribution < -0.4 is 20.4 Å². The van der Waals surface area contributed by atoms with Crippen molar-refractivity contribution >= 4 is 29.7 Å². The smallest absolute Gasteiger partial charge is 0.492 e. The van der Waals surface area contributed by atoms with E-state index in [1.165, 1.54) is 12.7 Å². The zero-order chi connectivity index (χ0) is 19.3. The van der Waals surface area contributed by atoms with Gasteiger partial charge in [0.1, 0.15) is 17.0 Å². The van der Waals surface area contributed by atoms with E-state index in [-0.39, 0.29) is 5.46 Å². The molecule has 2 aliphatic rings. The third-order valence-corrected chi connectivity index (χ3v) is 5.32. The van der Waals surface area contributed by atoms with E-state index in [0.717, 1.165) is 19.6 Å². The average molecular weight is 378 g/mol. The van der Waals surface area contributed by atoms with Gasteiger partial charge in [0.25, 0.3) is 0 Å². The maximum Gasteiger partial charge on any atom is 0.492 e. The molecule has 4 N–H and O–H groups in total. The standard InChI is InChI=1S/C18H19BN6O3/c1-28-14-3-2-10(4-13(14)19(26)27)15-16-17(22-9-21-16)24-18(23-15)25-7-11-5-20-6-12(11)8-25/h2-5,9,12,20,26-27H,6-8H2,1H3,(H,21,22,23,24). The fourth-order valence-electron chi connectivity index (χ4n) is 3.89. The van der Waals surface area contributed by atoms with Crippen molar-refractivity contribution in [3.8, 4) is 17.0 Å². The van der Waals surface area contributed by atoms with E-state index in [1.807, 2.05) is 6.07 Å². The summed E-state index contributed by atoms with van der Waals surface area (Å²) < 4.78 is 5.22. The number of aromatic amines is 1. The summed E-state index contributed by atoms with van der Waals surface area (Å²) >= 11 is 0. The molecule has 0 aliphatic carbocycles. The van der Waals surface area contributed by atoms with Gasteiger partial charge < -0.3 is 30.0 Å². The normalized spacial score (nSPS) is 18.2. The maximum atomic E-state index is 9.70. The molecule has 142 valence electrons. The van der Waals surface area contributed by atoms with Crippen LogP contribution in [0.3, 0.4) is 0 Å². The summed E-state index contributed by atoms with van der Waals surface area (Å²) in [5.41, 5.74) is 4.26. The Morgan fingerprint density at radius 3 is 2.96 bits per heavy atom. The van der Waals surface area contributed by atoms with Gasteiger partial charge >= 0.3 is 7.12 Å². The molecule has 4 heterocycles. The highest BCUT2D eigenvalue weighted by Gasteiger charge is 2.32. The van der Waals surface area contributed by atoms with Gasteiger partial charge in [0.2, 0.25) is 5.95 Å². The second-order valence-electron chi connectivity index (χ2n) is 7.01. The van der Waals surface area contributed by atoms with Crippen LogP contribution in [0.4, 0.5) is 5.95 Å². The number of benzene rings is 1. The van der Waals surface area contributed by atoms with Gasteiger partial charge in [0.15, 0.2) is 5.65 Å². The summed E-state index contributed by atoms with van der Waals surface area (Å²) in [6.45, 7) is 2.60. The van der Waals surface area contributed by atoms with Crippen LogP contribution in [0.25, 0.3) is 22.4 Å². The van der Waals surface area contributed by atoms with E-state index < -0.39 is 7.12 Å². The lowest BCUT2D eigenvalue weighted by Gasteiger charge is -2.17. The molecule has 9 nitrogen and oxygen atoms in total. The molecule has 0 bridgehead atoms. The molecular formula is C18H19BN6O3. The summed E-state index contributed by atoms with van der Waals surface area (Å²) in [6, 6.07) is 5.19. The van der Waals surface area contributed by atoms with E-state index in [9.17, 15) is 10.0 Å². The lowest BCUT2D eigenvalue weighted by molar-refractivity contribution is 0.403. The fraction of sp³-hybridized carbons (Fsp3) is 0.278. The number of nitrogens with zero attached hydrogens (tertiary/aromatic N) is 4. The number of ether oxygens (including phenoxy) is 1. The molecule has 0 spiro atoms. The van der Waals surface area contributed by atoms with Crippen molar-refractivity contribution in [1.82, 2.24) is 25.3 Å². The van der Waals surface area contributed by atoms with Gasteiger partial charge in [-0.1, -0.05) is 0 Å². The summed E-state index contributed by atoms with van der Waals surface area (Å²) in [6.07, 6.45) is 3.67. The predicted molar refractivity (Wildman–Crippen MR) is 105 cm³/mol. The third-order valence-electron chi connectivity index (χ3n) is 5.32. The first kappa shape index (κ1) is 17.0. The number of hydrogen-bond acceptors (Lipinski definition) is 8. The van der Waals surface area contributed by atoms with Gasteiger partial charge in [0, 0.05) is 36.6 Å². The van der Waals surface area contributed by atoms with E-state index in [2.05, 4.69) is 31.4 Å². The van der Waals surface area contributed by atoms with Gasteiger partial charge in [0.05, 0.1) is 13.4 Å². The van der Waals surface area contributed by atoms with E-state index in [4.69, 9.17) is 9.72 Å². The largest absolute Gasteiger partial charge is 0.497 e. The Morgan fingerprint density at radius 1 is 1.29 bits per heavy atom. The Balaban J connectivity index is 1.61. The lowest BCUT2D eigenvalue weighted by atomic mass is 9.78. The number of imidazole rings is 1. The number of anilines is 1. The first-order valence-electron chi connectivity index (χ1n) is 9.07. The van der Waals surface area contributed by atoms with Gasteiger partial charge in [-0.25, -0.2) is 9.97 Å². The topological polar surface area (TPSA) is 119 Å². The number of rotatable bonds is 4. The van der Waals surface area contributed by atoms with E-state index in [1.54, 1.807) is 18.5 Å². The van der Waals surface area contributed by atoms with Crippen LogP contribution in [-0.2, 0) is 0 Å². The minimum absolute atomic E-state index is 0.274. The minimum Gasteiger partial charge on any atom is -0.497 e. The van der Waals surface area contributed by atoms with Crippen LogP contribution in [0.1, 0.15) is 0 Å². The Bertz CT molecular complexity index is 1080. The Kier molecular flexibility index (Phi) is 3.95. The SMILES string of the molecule is COc1ccc(-c2nc(N3CC4=CNCC4C3)nc3[nH]cnc23)cc1B(O)O. The average Bonchev–Trinajstić information content (AvgIpc) is 3.42. The van der Waals surface area contributed by atoms with Crippen molar-refractivity contribution < 1.29 is 14.8 Å². The molecule has 0 saturated carbocycles. The third kappa shape index (κ3) is 2.69. The van der Waals surface area contributed by atoms with Gasteiger partial charge in [-0.3, -0.25) is 0 Å². The van der Waals surface area contributed by atoms with Crippen LogP contribution >= 0.6 is 0 Å². The Morgan fingerprint density at radius 2 is 2.18 bits per heavy atom. The van der Waals surface area contributed by atoms with E-state index in [0.29, 0.717) is 40.0 Å². The highest BCUT2D eigenvalue weighted by Crippen LogP contribution is 2.31. The number of hydrogen-bond donors (Lipinski definition) is 4. The summed E-state index contributed by atoms with van der Waals surface area (Å²) in [4.78, 5) is 19.0. The quantitative estimate of drug-likeness (QED) is 0.454. The Hall–Kier alpha value is -3.11. The van der Waals surface area contributed by atoms with Gasteiger partial charge in [-0.05, 0) is 30.0 Å². The molecule has 2 aromatic heterocycles. The molecule has 1 unspecified atom stereocenters. The van der Waals surface area contributed by atoms with Crippen molar-refractivity contribution in [3.63, 3.8) is 0 Å². The monoisotopic (exact) mass is 378 g/mol. The molecule has 2 aliphatic heterocycles. The molecule has 1 fully saturated rings. The zero-order valence-electron chi connectivity index (χ0n) is 15.3. The van der Waals surface area contributed by atoms with E-state index >= 15 is 0 Å². The summed E-state index contributed by atoms with van der Waals surface area (Å²) in [7, 11) is -0.160. The van der Waals surface area contributed by atoms with Crippen molar-refractivity contribution in [3.05, 3.63) is 36.3 Å². The van der Waals surface area contributed by atoms with Crippen LogP contribution in [-0.4, -0.2) is 63.8 Å². The minimum atomic E-state index is -1.65. The molecule has 10 heteroatoms. The predicted octanol–water partition coefficient (Wildman–Crippen LogP) is -0.368. The highest BCUT2D eigenvalue weighted by atomic mass is 16.5. The van der Waals surface area contributed by atoms with Gasteiger partial charge in [-0.15, -0.1) is 0 Å². The number of aromatic nitrogens is 4. The molecule has 1 saturated heterocycles. The highest BCUT2D eigenvalue weighted by molar-refractivity contribution is 6.59. The van der Waals surface area contributed by atoms with Crippen molar-refractivity contribution in [2.24, 2.45) is 5.92 Å². The molecule has 1 aromatic carbocycles. The fourth-order valence-corrected chi connectivity index (χ4v) is 3.89. The zero-order valence-corrected chi connectivity index (χ0v) is 15.3. The first-order valence-corrected chi connectivity index (χ1v) is 9.07. The van der Waals surface area contributed by atoms with Crippen LogP contribution in [0.15, 0.2) is 36.3 Å². The summed E-state index contributed by atoms with van der Waals surface area (Å²) in [5.74, 6) is 1.52.